The van der Waals surface area contributed by atoms with E-state index in [4.69, 9.17) is 9.73 Å². The predicted molar refractivity (Wildman–Crippen MR) is 117 cm³/mol. The van der Waals surface area contributed by atoms with Crippen LogP contribution in [0.2, 0.25) is 0 Å². The summed E-state index contributed by atoms with van der Waals surface area (Å²) in [6.07, 6.45) is 4.44. The molecule has 2 saturated heterocycles. The summed E-state index contributed by atoms with van der Waals surface area (Å²) in [6, 6.07) is 4.15. The molecule has 6 nitrogen and oxygen atoms in total. The summed E-state index contributed by atoms with van der Waals surface area (Å²) in [5, 5.41) is 3.46. The molecule has 146 valence electrons. The van der Waals surface area contributed by atoms with Gasteiger partial charge in [-0.05, 0) is 31.7 Å². The van der Waals surface area contributed by atoms with Crippen LogP contribution in [0.3, 0.4) is 0 Å². The van der Waals surface area contributed by atoms with Crippen LogP contribution in [-0.2, 0) is 11.3 Å². The number of ether oxygens (including phenoxy) is 1. The van der Waals surface area contributed by atoms with Gasteiger partial charge in [-0.25, -0.2) is 9.98 Å². The Morgan fingerprint density at radius 3 is 2.88 bits per heavy atom. The van der Waals surface area contributed by atoms with Gasteiger partial charge in [-0.2, -0.15) is 0 Å². The van der Waals surface area contributed by atoms with Gasteiger partial charge in [-0.1, -0.05) is 13.0 Å². The first kappa shape index (κ1) is 21.2. The first-order valence-electron chi connectivity index (χ1n) is 9.57. The van der Waals surface area contributed by atoms with Crippen molar-refractivity contribution in [2.24, 2.45) is 10.9 Å². The fourth-order valence-corrected chi connectivity index (χ4v) is 3.58. The van der Waals surface area contributed by atoms with Crippen molar-refractivity contribution in [1.82, 2.24) is 15.2 Å². The normalized spacial score (nSPS) is 21.3. The third-order valence-corrected chi connectivity index (χ3v) is 4.87. The lowest BCUT2D eigenvalue weighted by Gasteiger charge is -2.33. The standard InChI is InChI=1S/C19H31N5O.HI/c1-3-20-19(24-9-5-6-16(2)15-24)22-14-17-7-4-8-21-18(17)23-10-12-25-13-11-23;/h4,7-8,16H,3,5-6,9-15H2,1-2H3,(H,20,22);1H. The number of hydrogen-bond donors (Lipinski definition) is 1. The lowest BCUT2D eigenvalue weighted by Crippen LogP contribution is -2.46. The number of morpholine rings is 1. The first-order chi connectivity index (χ1) is 12.3. The Labute approximate surface area is 174 Å². The minimum atomic E-state index is 0. The van der Waals surface area contributed by atoms with Gasteiger partial charge >= 0.3 is 0 Å². The molecule has 3 rings (SSSR count). The maximum Gasteiger partial charge on any atom is 0.194 e. The molecular formula is C19H32IN5O. The number of hydrogen-bond acceptors (Lipinski definition) is 4. The molecule has 0 aliphatic carbocycles. The quantitative estimate of drug-likeness (QED) is 0.414. The lowest BCUT2D eigenvalue weighted by molar-refractivity contribution is 0.122. The van der Waals surface area contributed by atoms with Gasteiger partial charge in [0.05, 0.1) is 19.8 Å². The number of halogens is 1. The van der Waals surface area contributed by atoms with Crippen molar-refractivity contribution >= 4 is 35.8 Å². The van der Waals surface area contributed by atoms with Crippen LogP contribution in [0, 0.1) is 5.92 Å². The summed E-state index contributed by atoms with van der Waals surface area (Å²) in [5.41, 5.74) is 1.19. The first-order valence-corrected chi connectivity index (χ1v) is 9.57. The van der Waals surface area contributed by atoms with Gasteiger partial charge in [0, 0.05) is 44.5 Å². The Balaban J connectivity index is 0.00000243. The number of nitrogens with zero attached hydrogens (tertiary/aromatic N) is 4. The topological polar surface area (TPSA) is 53.0 Å². The van der Waals surface area contributed by atoms with E-state index in [-0.39, 0.29) is 24.0 Å². The fourth-order valence-electron chi connectivity index (χ4n) is 3.58. The van der Waals surface area contributed by atoms with Crippen molar-refractivity contribution in [2.75, 3.05) is 50.8 Å². The zero-order valence-corrected chi connectivity index (χ0v) is 18.3. The zero-order chi connectivity index (χ0) is 17.5. The Bertz CT molecular complexity index is 577. The average Bonchev–Trinajstić information content (AvgIpc) is 2.66. The van der Waals surface area contributed by atoms with Crippen LogP contribution in [0.4, 0.5) is 5.82 Å². The molecule has 2 aliphatic rings. The number of likely N-dealkylation sites (tertiary alicyclic amines) is 1. The highest BCUT2D eigenvalue weighted by atomic mass is 127. The van der Waals surface area contributed by atoms with E-state index in [2.05, 4.69) is 40.0 Å². The summed E-state index contributed by atoms with van der Waals surface area (Å²) in [7, 11) is 0. The number of pyridine rings is 1. The molecule has 2 fully saturated rings. The van der Waals surface area contributed by atoms with Crippen LogP contribution in [-0.4, -0.2) is 61.8 Å². The second-order valence-electron chi connectivity index (χ2n) is 6.95. The van der Waals surface area contributed by atoms with Gasteiger partial charge in [0.25, 0.3) is 0 Å². The highest BCUT2D eigenvalue weighted by molar-refractivity contribution is 14.0. The molecule has 3 heterocycles. The summed E-state index contributed by atoms with van der Waals surface area (Å²) in [5.74, 6) is 2.82. The molecular weight excluding hydrogens is 441 g/mol. The van der Waals surface area contributed by atoms with E-state index in [0.717, 1.165) is 63.6 Å². The third-order valence-electron chi connectivity index (χ3n) is 4.87. The fraction of sp³-hybridized carbons (Fsp3) is 0.684. The van der Waals surface area contributed by atoms with Crippen molar-refractivity contribution in [2.45, 2.75) is 33.2 Å². The van der Waals surface area contributed by atoms with Crippen LogP contribution in [0.15, 0.2) is 23.3 Å². The van der Waals surface area contributed by atoms with Crippen LogP contribution in [0.25, 0.3) is 0 Å². The van der Waals surface area contributed by atoms with Gasteiger partial charge in [-0.3, -0.25) is 0 Å². The molecule has 1 atom stereocenters. The Kier molecular flexibility index (Phi) is 8.90. The zero-order valence-electron chi connectivity index (χ0n) is 16.0. The molecule has 1 aromatic heterocycles. The van der Waals surface area contributed by atoms with E-state index >= 15 is 0 Å². The van der Waals surface area contributed by atoms with Crippen LogP contribution >= 0.6 is 24.0 Å². The van der Waals surface area contributed by atoms with Crippen molar-refractivity contribution in [3.8, 4) is 0 Å². The largest absolute Gasteiger partial charge is 0.378 e. The van der Waals surface area contributed by atoms with Crippen molar-refractivity contribution < 1.29 is 4.74 Å². The van der Waals surface area contributed by atoms with E-state index in [1.54, 1.807) is 0 Å². The van der Waals surface area contributed by atoms with Crippen molar-refractivity contribution in [1.29, 1.82) is 0 Å². The number of piperidine rings is 1. The monoisotopic (exact) mass is 473 g/mol. The summed E-state index contributed by atoms with van der Waals surface area (Å²) in [4.78, 5) is 14.3. The molecule has 1 aromatic rings. The second kappa shape index (κ2) is 10.9. The molecule has 0 spiro atoms. The number of guanidine groups is 1. The van der Waals surface area contributed by atoms with Gasteiger partial charge in [-0.15, -0.1) is 24.0 Å². The third kappa shape index (κ3) is 5.70. The second-order valence-corrected chi connectivity index (χ2v) is 6.95. The maximum absolute atomic E-state index is 5.47. The Hall–Kier alpha value is -1.09. The molecule has 0 radical (unpaired) electrons. The van der Waals surface area contributed by atoms with Gasteiger partial charge < -0.3 is 19.9 Å². The van der Waals surface area contributed by atoms with Crippen LogP contribution < -0.4 is 10.2 Å². The van der Waals surface area contributed by atoms with E-state index in [1.165, 1.54) is 18.4 Å². The van der Waals surface area contributed by atoms with E-state index in [1.807, 2.05) is 12.3 Å². The summed E-state index contributed by atoms with van der Waals surface area (Å²) < 4.78 is 5.47. The SMILES string of the molecule is CCNC(=NCc1cccnc1N1CCOCC1)N1CCCC(C)C1.I. The molecule has 2 aliphatic heterocycles. The molecule has 1 unspecified atom stereocenters. The number of aromatic nitrogens is 1. The summed E-state index contributed by atoms with van der Waals surface area (Å²) >= 11 is 0. The molecule has 1 N–H and O–H groups in total. The molecule has 0 amide bonds. The van der Waals surface area contributed by atoms with E-state index < -0.39 is 0 Å². The highest BCUT2D eigenvalue weighted by Gasteiger charge is 2.20. The molecule has 0 saturated carbocycles. The van der Waals surface area contributed by atoms with E-state index in [0.29, 0.717) is 6.54 Å². The minimum Gasteiger partial charge on any atom is -0.378 e. The average molecular weight is 473 g/mol. The minimum absolute atomic E-state index is 0. The van der Waals surface area contributed by atoms with Crippen LogP contribution in [0.5, 0.6) is 0 Å². The number of anilines is 1. The smallest absolute Gasteiger partial charge is 0.194 e. The van der Waals surface area contributed by atoms with E-state index in [9.17, 15) is 0 Å². The van der Waals surface area contributed by atoms with Gasteiger partial charge in [0.1, 0.15) is 5.82 Å². The van der Waals surface area contributed by atoms with Gasteiger partial charge in [0.2, 0.25) is 0 Å². The predicted octanol–water partition coefficient (Wildman–Crippen LogP) is 2.73. The number of aliphatic imine (C=N–C) groups is 1. The van der Waals surface area contributed by atoms with Crippen LogP contribution in [0.1, 0.15) is 32.3 Å². The molecule has 26 heavy (non-hydrogen) atoms. The summed E-state index contributed by atoms with van der Waals surface area (Å²) in [6.45, 7) is 11.5. The molecule has 0 bridgehead atoms. The number of nitrogens with one attached hydrogen (secondary N) is 1. The van der Waals surface area contributed by atoms with Crippen molar-refractivity contribution in [3.05, 3.63) is 23.9 Å². The lowest BCUT2D eigenvalue weighted by atomic mass is 10.0. The highest BCUT2D eigenvalue weighted by Crippen LogP contribution is 2.20. The van der Waals surface area contributed by atoms with Gasteiger partial charge in [0.15, 0.2) is 5.96 Å². The molecule has 0 aromatic carbocycles. The maximum atomic E-state index is 5.47. The molecule has 7 heteroatoms. The Morgan fingerprint density at radius 2 is 2.15 bits per heavy atom. The van der Waals surface area contributed by atoms with Crippen molar-refractivity contribution in [3.63, 3.8) is 0 Å². The number of rotatable bonds is 4. The Morgan fingerprint density at radius 1 is 1.35 bits per heavy atom.